The molecule has 1 N–H and O–H groups in total. The van der Waals surface area contributed by atoms with E-state index in [1.54, 1.807) is 39.2 Å². The van der Waals surface area contributed by atoms with Crippen LogP contribution < -0.4 is 11.1 Å². The van der Waals surface area contributed by atoms with E-state index in [4.69, 9.17) is 9.15 Å². The van der Waals surface area contributed by atoms with E-state index in [2.05, 4.69) is 0 Å². The van der Waals surface area contributed by atoms with Crippen molar-refractivity contribution in [2.45, 2.75) is 19.3 Å². The van der Waals surface area contributed by atoms with Gasteiger partial charge in [0.15, 0.2) is 5.76 Å². The predicted octanol–water partition coefficient (Wildman–Crippen LogP) is 1.54. The lowest BCUT2D eigenvalue weighted by Gasteiger charge is -2.17. The highest BCUT2D eigenvalue weighted by atomic mass is 16.5. The maximum atomic E-state index is 12.2. The van der Waals surface area contributed by atoms with Gasteiger partial charge in [-0.15, -0.1) is 0 Å². The zero-order valence-electron chi connectivity index (χ0n) is 15.5. The van der Waals surface area contributed by atoms with Crippen molar-refractivity contribution < 1.29 is 19.1 Å². The summed E-state index contributed by atoms with van der Waals surface area (Å²) in [4.78, 5) is 36.1. The third-order valence-electron chi connectivity index (χ3n) is 4.69. The zero-order valence-corrected chi connectivity index (χ0v) is 15.5. The van der Waals surface area contributed by atoms with Gasteiger partial charge in [-0.2, -0.15) is 0 Å². The van der Waals surface area contributed by atoms with Crippen LogP contribution in [0.2, 0.25) is 0 Å². The quantitative estimate of drug-likeness (QED) is 0.697. The molecule has 8 nitrogen and oxygen atoms in total. The first-order valence-corrected chi connectivity index (χ1v) is 8.30. The molecule has 2 heterocycles. The summed E-state index contributed by atoms with van der Waals surface area (Å²) in [6.07, 6.45) is -0.136. The highest BCUT2D eigenvalue weighted by Crippen LogP contribution is 2.34. The first kappa shape index (κ1) is 18.5. The van der Waals surface area contributed by atoms with Crippen molar-refractivity contribution in [3.63, 3.8) is 0 Å². The normalized spacial score (nSPS) is 12.3. The molecule has 0 fully saturated rings. The molecule has 1 atom stereocenters. The van der Waals surface area contributed by atoms with E-state index >= 15 is 0 Å². The van der Waals surface area contributed by atoms with Crippen molar-refractivity contribution >= 4 is 17.0 Å². The highest BCUT2D eigenvalue weighted by molar-refractivity contribution is 5.78. The fourth-order valence-corrected chi connectivity index (χ4v) is 3.21. The number of aromatic hydroxyl groups is 1. The molecule has 3 rings (SSSR count). The number of aromatic nitrogens is 2. The van der Waals surface area contributed by atoms with Gasteiger partial charge in [-0.05, 0) is 24.6 Å². The molecule has 0 radical (unpaired) electrons. The number of fused-ring (bicyclic) bond motifs is 1. The van der Waals surface area contributed by atoms with Crippen LogP contribution in [-0.4, -0.2) is 27.3 Å². The fourth-order valence-electron chi connectivity index (χ4n) is 3.21. The lowest BCUT2D eigenvalue weighted by atomic mass is 9.92. The van der Waals surface area contributed by atoms with Crippen LogP contribution in [0.1, 0.15) is 29.4 Å². The number of esters is 1. The Morgan fingerprint density at radius 2 is 1.85 bits per heavy atom. The molecule has 0 saturated carbocycles. The molecule has 0 spiro atoms. The molecule has 0 saturated heterocycles. The first-order valence-electron chi connectivity index (χ1n) is 8.30. The van der Waals surface area contributed by atoms with Gasteiger partial charge in [0.2, 0.25) is 11.2 Å². The van der Waals surface area contributed by atoms with Crippen LogP contribution in [0.15, 0.2) is 38.3 Å². The minimum absolute atomic E-state index is 0.00863. The summed E-state index contributed by atoms with van der Waals surface area (Å²) in [5, 5.41) is 10.2. The molecule has 8 heteroatoms. The Labute approximate surface area is 154 Å². The van der Waals surface area contributed by atoms with Gasteiger partial charge in [0.1, 0.15) is 5.76 Å². The minimum Gasteiger partial charge on any atom is -0.502 e. The third kappa shape index (κ3) is 3.14. The summed E-state index contributed by atoms with van der Waals surface area (Å²) >= 11 is 0. The number of aryl methyl sites for hydroxylation is 3. The van der Waals surface area contributed by atoms with Gasteiger partial charge in [-0.25, -0.2) is 4.79 Å². The molecule has 0 bridgehead atoms. The average Bonchev–Trinajstić information content (AvgIpc) is 2.86. The van der Waals surface area contributed by atoms with Crippen molar-refractivity contribution in [2.24, 2.45) is 14.1 Å². The number of hydrogen-bond acceptors (Lipinski definition) is 6. The number of methoxy groups -OCH3 is 1. The monoisotopic (exact) mass is 372 g/mol. The van der Waals surface area contributed by atoms with Crippen LogP contribution in [0.4, 0.5) is 0 Å². The smallest absolute Gasteiger partial charge is 0.328 e. The van der Waals surface area contributed by atoms with Crippen LogP contribution in [0, 0.1) is 6.92 Å². The van der Waals surface area contributed by atoms with E-state index in [0.717, 1.165) is 5.52 Å². The van der Waals surface area contributed by atoms with Crippen molar-refractivity contribution in [1.29, 1.82) is 0 Å². The van der Waals surface area contributed by atoms with Crippen LogP contribution in [0.3, 0.4) is 0 Å². The molecule has 0 aliphatic heterocycles. The zero-order chi connectivity index (χ0) is 19.9. The van der Waals surface area contributed by atoms with Gasteiger partial charge in [0.25, 0.3) is 0 Å². The summed E-state index contributed by atoms with van der Waals surface area (Å²) in [7, 11) is 4.57. The number of nitrogens with zero attached hydrogens (tertiary/aromatic N) is 2. The van der Waals surface area contributed by atoms with Crippen molar-refractivity contribution in [2.75, 3.05) is 7.11 Å². The number of imidazole rings is 1. The molecular weight excluding hydrogens is 352 g/mol. The Kier molecular flexibility index (Phi) is 4.65. The maximum Gasteiger partial charge on any atom is 0.328 e. The van der Waals surface area contributed by atoms with Gasteiger partial charge in [0.05, 0.1) is 30.5 Å². The largest absolute Gasteiger partial charge is 0.502 e. The predicted molar refractivity (Wildman–Crippen MR) is 98.0 cm³/mol. The Morgan fingerprint density at radius 3 is 2.52 bits per heavy atom. The van der Waals surface area contributed by atoms with Crippen molar-refractivity contribution in [1.82, 2.24) is 9.13 Å². The Bertz CT molecular complexity index is 1150. The fraction of sp³-hybridized carbons (Fsp3) is 0.316. The molecule has 3 aromatic rings. The van der Waals surface area contributed by atoms with Crippen molar-refractivity contribution in [3.05, 3.63) is 62.1 Å². The topological polar surface area (TPSA) is 104 Å². The number of benzene rings is 1. The molecule has 0 amide bonds. The summed E-state index contributed by atoms with van der Waals surface area (Å²) in [5.41, 5.74) is 1.22. The molecule has 142 valence electrons. The number of carbonyl (C=O) groups is 1. The Morgan fingerprint density at radius 1 is 1.19 bits per heavy atom. The average molecular weight is 372 g/mol. The second kappa shape index (κ2) is 6.79. The van der Waals surface area contributed by atoms with E-state index in [0.29, 0.717) is 16.8 Å². The van der Waals surface area contributed by atoms with Gasteiger partial charge in [0, 0.05) is 20.2 Å². The van der Waals surface area contributed by atoms with Crippen LogP contribution in [0.25, 0.3) is 11.0 Å². The third-order valence-corrected chi connectivity index (χ3v) is 4.69. The van der Waals surface area contributed by atoms with E-state index in [-0.39, 0.29) is 17.9 Å². The molecular formula is C19H20N2O6. The number of rotatable bonds is 4. The SMILES string of the molecule is COC(=O)CC(c1ccc2c(c1)n(C)c(=O)n2C)c1oc(C)cc(=O)c1O. The van der Waals surface area contributed by atoms with Crippen LogP contribution >= 0.6 is 0 Å². The second-order valence-corrected chi connectivity index (χ2v) is 6.42. The van der Waals surface area contributed by atoms with Crippen molar-refractivity contribution in [3.8, 4) is 5.75 Å². The second-order valence-electron chi connectivity index (χ2n) is 6.42. The van der Waals surface area contributed by atoms with Crippen LogP contribution in [0.5, 0.6) is 5.75 Å². The Balaban J connectivity index is 2.24. The minimum atomic E-state index is -0.746. The van der Waals surface area contributed by atoms with Crippen LogP contribution in [-0.2, 0) is 23.6 Å². The summed E-state index contributed by atoms with van der Waals surface area (Å²) < 4.78 is 13.3. The number of hydrogen-bond donors (Lipinski definition) is 1. The molecule has 0 aliphatic carbocycles. The summed E-state index contributed by atoms with van der Waals surface area (Å²) in [6.45, 7) is 1.59. The van der Waals surface area contributed by atoms with Gasteiger partial charge < -0.3 is 14.3 Å². The lowest BCUT2D eigenvalue weighted by molar-refractivity contribution is -0.140. The molecule has 27 heavy (non-hydrogen) atoms. The molecule has 2 aromatic heterocycles. The lowest BCUT2D eigenvalue weighted by Crippen LogP contribution is -2.19. The highest BCUT2D eigenvalue weighted by Gasteiger charge is 2.27. The molecule has 1 aromatic carbocycles. The van der Waals surface area contributed by atoms with E-state index in [1.807, 2.05) is 0 Å². The summed E-state index contributed by atoms with van der Waals surface area (Å²) in [5.74, 6) is -1.51. The van der Waals surface area contributed by atoms with E-state index in [9.17, 15) is 19.5 Å². The molecule has 1 unspecified atom stereocenters. The first-order chi connectivity index (χ1) is 12.7. The van der Waals surface area contributed by atoms with E-state index in [1.165, 1.54) is 22.3 Å². The van der Waals surface area contributed by atoms with E-state index < -0.39 is 23.1 Å². The standard InChI is InChI=1S/C19H20N2O6/c1-10-7-15(22)17(24)18(27-10)12(9-16(23)26-4)11-5-6-13-14(8-11)21(3)19(25)20(13)2/h5-8,12,24H,9H2,1-4H3. The number of ether oxygens (including phenoxy) is 1. The summed E-state index contributed by atoms with van der Waals surface area (Å²) in [6, 6.07) is 6.41. The molecule has 0 aliphatic rings. The number of carbonyl (C=O) groups excluding carboxylic acids is 1. The Hall–Kier alpha value is -3.29. The maximum absolute atomic E-state index is 12.2. The van der Waals surface area contributed by atoms with Gasteiger partial charge >= 0.3 is 11.7 Å². The van der Waals surface area contributed by atoms with Gasteiger partial charge in [-0.3, -0.25) is 18.7 Å². The van der Waals surface area contributed by atoms with Gasteiger partial charge in [-0.1, -0.05) is 6.07 Å².